The molecule has 72 valence electrons. The van der Waals surface area contributed by atoms with Crippen LogP contribution in [0.15, 0.2) is 12.3 Å². The molecule has 0 spiro atoms. The van der Waals surface area contributed by atoms with Crippen molar-refractivity contribution in [2.24, 2.45) is 0 Å². The lowest BCUT2D eigenvalue weighted by atomic mass is 10.2. The quantitative estimate of drug-likeness (QED) is 0.728. The molecule has 1 N–H and O–H groups in total. The van der Waals surface area contributed by atoms with Crippen LogP contribution in [0.5, 0.6) is 0 Å². The van der Waals surface area contributed by atoms with Gasteiger partial charge in [0, 0.05) is 25.4 Å². The molecule has 1 aliphatic rings. The van der Waals surface area contributed by atoms with E-state index in [0.29, 0.717) is 5.15 Å². The van der Waals surface area contributed by atoms with Crippen molar-refractivity contribution in [3.63, 3.8) is 0 Å². The Labute approximate surface area is 85.9 Å². The molecule has 3 rings (SSSR count). The topological polar surface area (TPSA) is 44.8 Å². The van der Waals surface area contributed by atoms with Crippen LogP contribution in [0.1, 0.15) is 6.42 Å². The number of hydrogen-bond acceptors (Lipinski definition) is 3. The van der Waals surface area contributed by atoms with Gasteiger partial charge < -0.3 is 4.90 Å². The molecule has 0 atom stereocenters. The maximum Gasteiger partial charge on any atom is 0.159 e. The lowest BCUT2D eigenvalue weighted by molar-refractivity contribution is 0.610. The zero-order valence-corrected chi connectivity index (χ0v) is 8.25. The van der Waals surface area contributed by atoms with Gasteiger partial charge >= 0.3 is 0 Å². The molecule has 0 aliphatic carbocycles. The van der Waals surface area contributed by atoms with E-state index in [2.05, 4.69) is 20.1 Å². The van der Waals surface area contributed by atoms with Crippen molar-refractivity contribution < 1.29 is 0 Å². The second-order valence-electron chi connectivity index (χ2n) is 3.44. The fraction of sp³-hybridized carbons (Fsp3) is 0.333. The molecule has 3 heterocycles. The maximum absolute atomic E-state index is 5.78. The number of fused-ring (bicyclic) bond motifs is 1. The van der Waals surface area contributed by atoms with E-state index < -0.39 is 0 Å². The van der Waals surface area contributed by atoms with Crippen LogP contribution < -0.4 is 4.90 Å². The molecule has 0 bridgehead atoms. The maximum atomic E-state index is 5.78. The summed E-state index contributed by atoms with van der Waals surface area (Å²) in [6.07, 6.45) is 3.02. The van der Waals surface area contributed by atoms with Crippen LogP contribution in [-0.4, -0.2) is 28.3 Å². The zero-order chi connectivity index (χ0) is 9.54. The largest absolute Gasteiger partial charge is 0.354 e. The van der Waals surface area contributed by atoms with Crippen molar-refractivity contribution in [3.05, 3.63) is 17.4 Å². The Morgan fingerprint density at radius 1 is 1.43 bits per heavy atom. The van der Waals surface area contributed by atoms with E-state index in [1.54, 1.807) is 12.3 Å². The number of nitrogens with zero attached hydrogens (tertiary/aromatic N) is 3. The van der Waals surface area contributed by atoms with Gasteiger partial charge in [0.05, 0.1) is 10.9 Å². The third-order valence-electron chi connectivity index (χ3n) is 2.55. The minimum Gasteiger partial charge on any atom is -0.354 e. The van der Waals surface area contributed by atoms with E-state index in [1.807, 2.05) is 0 Å². The molecular weight excluding hydrogens is 200 g/mol. The molecule has 5 heteroatoms. The van der Waals surface area contributed by atoms with E-state index >= 15 is 0 Å². The summed E-state index contributed by atoms with van der Waals surface area (Å²) in [4.78, 5) is 6.29. The molecule has 1 saturated heterocycles. The summed E-state index contributed by atoms with van der Waals surface area (Å²) >= 11 is 5.78. The van der Waals surface area contributed by atoms with E-state index in [1.165, 1.54) is 6.42 Å². The fourth-order valence-corrected chi connectivity index (χ4v) is 1.80. The number of nitrogens with one attached hydrogen (secondary N) is 1. The van der Waals surface area contributed by atoms with Gasteiger partial charge in [-0.05, 0) is 6.42 Å². The highest BCUT2D eigenvalue weighted by Crippen LogP contribution is 2.27. The molecule has 2 aromatic heterocycles. The number of pyridine rings is 1. The summed E-state index contributed by atoms with van der Waals surface area (Å²) in [5, 5.41) is 8.77. The van der Waals surface area contributed by atoms with E-state index in [4.69, 9.17) is 11.6 Å². The lowest BCUT2D eigenvalue weighted by Crippen LogP contribution is -2.37. The molecule has 4 nitrogen and oxygen atoms in total. The van der Waals surface area contributed by atoms with E-state index in [0.717, 1.165) is 29.8 Å². The van der Waals surface area contributed by atoms with Crippen LogP contribution in [0.4, 0.5) is 5.82 Å². The predicted molar refractivity (Wildman–Crippen MR) is 55.7 cm³/mol. The van der Waals surface area contributed by atoms with Gasteiger partial charge in [0.25, 0.3) is 0 Å². The van der Waals surface area contributed by atoms with Gasteiger partial charge in [-0.25, -0.2) is 4.98 Å². The minimum absolute atomic E-state index is 0.497. The number of rotatable bonds is 1. The number of aromatic amines is 1. The number of hydrogen-bond donors (Lipinski definition) is 1. The molecule has 0 unspecified atom stereocenters. The fourth-order valence-electron chi connectivity index (χ4n) is 1.64. The molecule has 1 aliphatic heterocycles. The Morgan fingerprint density at radius 3 is 3.00 bits per heavy atom. The first-order valence-corrected chi connectivity index (χ1v) is 4.97. The van der Waals surface area contributed by atoms with Gasteiger partial charge in [-0.2, -0.15) is 5.10 Å². The summed E-state index contributed by atoms with van der Waals surface area (Å²) < 4.78 is 0. The average molecular weight is 209 g/mol. The zero-order valence-electron chi connectivity index (χ0n) is 7.50. The van der Waals surface area contributed by atoms with Gasteiger partial charge in [0.1, 0.15) is 5.15 Å². The number of halogens is 1. The van der Waals surface area contributed by atoms with Gasteiger partial charge in [-0.15, -0.1) is 0 Å². The van der Waals surface area contributed by atoms with Crippen LogP contribution in [-0.2, 0) is 0 Å². The molecule has 1 fully saturated rings. The Kier molecular flexibility index (Phi) is 1.64. The van der Waals surface area contributed by atoms with Gasteiger partial charge in [0.15, 0.2) is 5.82 Å². The first-order valence-electron chi connectivity index (χ1n) is 4.59. The van der Waals surface area contributed by atoms with Crippen LogP contribution in [0.25, 0.3) is 10.9 Å². The Hall–Kier alpha value is -1.29. The van der Waals surface area contributed by atoms with Crippen molar-refractivity contribution in [3.8, 4) is 0 Å². The third kappa shape index (κ3) is 1.07. The van der Waals surface area contributed by atoms with E-state index in [9.17, 15) is 0 Å². The van der Waals surface area contributed by atoms with Crippen molar-refractivity contribution in [1.29, 1.82) is 0 Å². The average Bonchev–Trinajstić information content (AvgIpc) is 2.45. The Bertz CT molecular complexity index is 475. The minimum atomic E-state index is 0.497. The number of anilines is 1. The molecule has 0 amide bonds. The first kappa shape index (κ1) is 8.05. The van der Waals surface area contributed by atoms with Crippen LogP contribution >= 0.6 is 11.6 Å². The highest BCUT2D eigenvalue weighted by atomic mass is 35.5. The molecular formula is C9H9ClN4. The van der Waals surface area contributed by atoms with Crippen LogP contribution in [0.3, 0.4) is 0 Å². The summed E-state index contributed by atoms with van der Waals surface area (Å²) in [7, 11) is 0. The molecule has 0 aromatic carbocycles. The molecule has 0 radical (unpaired) electrons. The van der Waals surface area contributed by atoms with Gasteiger partial charge in [-0.3, -0.25) is 5.10 Å². The molecule has 0 saturated carbocycles. The third-order valence-corrected chi connectivity index (χ3v) is 2.76. The SMILES string of the molecule is Clc1cc2[nH]nc(N3CCC3)c2cn1. The molecule has 14 heavy (non-hydrogen) atoms. The normalized spacial score (nSPS) is 15.9. The van der Waals surface area contributed by atoms with Crippen molar-refractivity contribution >= 4 is 28.3 Å². The standard InChI is InChI=1S/C9H9ClN4/c10-8-4-7-6(5-11-8)9(13-12-7)14-2-1-3-14/h4-5H,1-3H2,(H,12,13). The van der Waals surface area contributed by atoms with Crippen molar-refractivity contribution in [2.75, 3.05) is 18.0 Å². The van der Waals surface area contributed by atoms with Gasteiger partial charge in [0.2, 0.25) is 0 Å². The first-order chi connectivity index (χ1) is 6.84. The lowest BCUT2D eigenvalue weighted by Gasteiger charge is -2.30. The monoisotopic (exact) mass is 208 g/mol. The van der Waals surface area contributed by atoms with Gasteiger partial charge in [-0.1, -0.05) is 11.6 Å². The summed E-state index contributed by atoms with van der Waals surface area (Å²) in [6, 6.07) is 1.80. The van der Waals surface area contributed by atoms with E-state index in [-0.39, 0.29) is 0 Å². The van der Waals surface area contributed by atoms with Crippen molar-refractivity contribution in [1.82, 2.24) is 15.2 Å². The summed E-state index contributed by atoms with van der Waals surface area (Å²) in [5.41, 5.74) is 0.951. The highest BCUT2D eigenvalue weighted by Gasteiger charge is 2.19. The number of H-pyrrole nitrogens is 1. The van der Waals surface area contributed by atoms with Crippen LogP contribution in [0, 0.1) is 0 Å². The number of aromatic nitrogens is 3. The van der Waals surface area contributed by atoms with Crippen LogP contribution in [0.2, 0.25) is 5.15 Å². The highest BCUT2D eigenvalue weighted by molar-refractivity contribution is 6.30. The predicted octanol–water partition coefficient (Wildman–Crippen LogP) is 1.82. The Morgan fingerprint density at radius 2 is 2.29 bits per heavy atom. The summed E-state index contributed by atoms with van der Waals surface area (Å²) in [6.45, 7) is 2.17. The Balaban J connectivity index is 2.16. The van der Waals surface area contributed by atoms with Crippen molar-refractivity contribution in [2.45, 2.75) is 6.42 Å². The molecule has 2 aromatic rings. The second kappa shape index (κ2) is 2.85. The smallest absolute Gasteiger partial charge is 0.159 e. The summed E-state index contributed by atoms with van der Waals surface area (Å²) in [5.74, 6) is 0.996. The second-order valence-corrected chi connectivity index (χ2v) is 3.83.